The van der Waals surface area contributed by atoms with Gasteiger partial charge in [-0.05, 0) is 57.4 Å². The zero-order valence-corrected chi connectivity index (χ0v) is 19.9. The fourth-order valence-corrected chi connectivity index (χ4v) is 5.76. The lowest BCUT2D eigenvalue weighted by atomic mass is 9.95. The molecule has 1 amide bonds. The van der Waals surface area contributed by atoms with Crippen molar-refractivity contribution >= 4 is 39.8 Å². The summed E-state index contributed by atoms with van der Waals surface area (Å²) in [6.45, 7) is 3.64. The number of hydrogen-bond acceptors (Lipinski definition) is 5. The highest BCUT2D eigenvalue weighted by Gasteiger charge is 2.43. The summed E-state index contributed by atoms with van der Waals surface area (Å²) in [5, 5.41) is 6.38. The number of aryl methyl sites for hydroxylation is 1. The Bertz CT molecular complexity index is 1080. The number of thiophene rings is 1. The molecule has 0 radical (unpaired) electrons. The van der Waals surface area contributed by atoms with E-state index in [1.165, 1.54) is 18.3 Å². The number of esters is 1. The van der Waals surface area contributed by atoms with Crippen molar-refractivity contribution in [1.29, 1.82) is 0 Å². The first-order valence-electron chi connectivity index (χ1n) is 11.1. The molecule has 0 bridgehead atoms. The van der Waals surface area contributed by atoms with Gasteiger partial charge in [-0.25, -0.2) is 4.79 Å². The van der Waals surface area contributed by atoms with Crippen molar-refractivity contribution in [2.75, 3.05) is 11.9 Å². The maximum atomic E-state index is 13.4. The van der Waals surface area contributed by atoms with Crippen molar-refractivity contribution in [3.63, 3.8) is 0 Å². The van der Waals surface area contributed by atoms with Gasteiger partial charge in [-0.15, -0.1) is 11.3 Å². The van der Waals surface area contributed by atoms with Gasteiger partial charge in [0, 0.05) is 10.8 Å². The molecule has 33 heavy (non-hydrogen) atoms. The summed E-state index contributed by atoms with van der Waals surface area (Å²) in [6, 6.07) is -1.05. The smallest absolute Gasteiger partial charge is 0.436 e. The summed E-state index contributed by atoms with van der Waals surface area (Å²) in [5.74, 6) is -1.20. The van der Waals surface area contributed by atoms with Gasteiger partial charge in [0.25, 0.3) is 0 Å². The van der Waals surface area contributed by atoms with Gasteiger partial charge in [-0.1, -0.05) is 18.5 Å². The molecule has 0 saturated heterocycles. The molecule has 0 aromatic carbocycles. The summed E-state index contributed by atoms with van der Waals surface area (Å²) in [7, 11) is 0. The Balaban J connectivity index is 1.64. The lowest BCUT2D eigenvalue weighted by Gasteiger charge is -2.16. The molecule has 180 valence electrons. The number of hydrogen-bond donors (Lipinski definition) is 1. The van der Waals surface area contributed by atoms with Crippen LogP contribution in [0.3, 0.4) is 0 Å². The molecule has 4 rings (SSSR count). The zero-order chi connectivity index (χ0) is 23.9. The number of rotatable bonds is 7. The summed E-state index contributed by atoms with van der Waals surface area (Å²) in [4.78, 5) is 26.9. The number of nitrogens with zero attached hydrogens (tertiary/aromatic N) is 2. The first kappa shape index (κ1) is 24.1. The fourth-order valence-electron chi connectivity index (χ4n) is 4.09. The molecule has 1 unspecified atom stereocenters. The molecule has 2 aromatic rings. The van der Waals surface area contributed by atoms with E-state index >= 15 is 0 Å². The predicted octanol–water partition coefficient (Wildman–Crippen LogP) is 6.14. The number of ether oxygens (including phenoxy) is 1. The second-order valence-corrected chi connectivity index (χ2v) is 9.96. The Kier molecular flexibility index (Phi) is 6.77. The second kappa shape index (κ2) is 9.29. The summed E-state index contributed by atoms with van der Waals surface area (Å²) >= 11 is 7.38. The highest BCUT2D eigenvalue weighted by atomic mass is 35.5. The first-order valence-corrected chi connectivity index (χ1v) is 12.3. The van der Waals surface area contributed by atoms with Gasteiger partial charge in [-0.3, -0.25) is 9.48 Å². The van der Waals surface area contributed by atoms with Gasteiger partial charge >= 0.3 is 12.1 Å². The highest BCUT2D eigenvalue weighted by molar-refractivity contribution is 7.17. The minimum atomic E-state index is -4.72. The molecule has 1 fully saturated rings. The van der Waals surface area contributed by atoms with E-state index in [0.717, 1.165) is 40.8 Å². The average molecular weight is 504 g/mol. The van der Waals surface area contributed by atoms with Crippen LogP contribution >= 0.6 is 22.9 Å². The van der Waals surface area contributed by atoms with Crippen LogP contribution in [0.5, 0.6) is 0 Å². The first-order chi connectivity index (χ1) is 15.6. The number of carbonyl (C=O) groups excluding carboxylic acids is 2. The molecule has 0 spiro atoms. The topological polar surface area (TPSA) is 73.2 Å². The zero-order valence-electron chi connectivity index (χ0n) is 18.4. The maximum absolute atomic E-state index is 13.4. The van der Waals surface area contributed by atoms with Crippen LogP contribution in [0, 0.1) is 0 Å². The molecule has 1 saturated carbocycles. The minimum absolute atomic E-state index is 0.148. The number of fused-ring (bicyclic) bond motifs is 1. The summed E-state index contributed by atoms with van der Waals surface area (Å²) < 4.78 is 46.6. The molecule has 11 heteroatoms. The average Bonchev–Trinajstić information content (AvgIpc) is 3.43. The predicted molar refractivity (Wildman–Crippen MR) is 119 cm³/mol. The van der Waals surface area contributed by atoms with Gasteiger partial charge in [0.1, 0.15) is 11.0 Å². The molecule has 1 N–H and O–H groups in total. The van der Waals surface area contributed by atoms with Crippen molar-refractivity contribution in [2.24, 2.45) is 0 Å². The van der Waals surface area contributed by atoms with Gasteiger partial charge in [0.15, 0.2) is 5.69 Å². The number of alkyl halides is 3. The van der Waals surface area contributed by atoms with Crippen molar-refractivity contribution in [3.8, 4) is 0 Å². The van der Waals surface area contributed by atoms with Crippen LogP contribution in [-0.2, 0) is 28.5 Å². The molecule has 1 atom stereocenters. The molecule has 2 aliphatic rings. The van der Waals surface area contributed by atoms with Crippen LogP contribution in [0.15, 0.2) is 0 Å². The Labute approximate surface area is 198 Å². The monoisotopic (exact) mass is 503 g/mol. The quantitative estimate of drug-likeness (QED) is 0.461. The largest absolute Gasteiger partial charge is 0.462 e. The van der Waals surface area contributed by atoms with Gasteiger partial charge in [0.05, 0.1) is 22.9 Å². The van der Waals surface area contributed by atoms with Crippen molar-refractivity contribution < 1.29 is 27.5 Å². The van der Waals surface area contributed by atoms with E-state index in [1.807, 2.05) is 6.92 Å². The van der Waals surface area contributed by atoms with Crippen molar-refractivity contribution in [1.82, 2.24) is 9.78 Å². The molecular weight excluding hydrogens is 479 g/mol. The fraction of sp³-hybridized carbons (Fsp3) is 0.591. The lowest BCUT2D eigenvalue weighted by molar-refractivity contribution is -0.141. The van der Waals surface area contributed by atoms with Crippen LogP contribution in [0.25, 0.3) is 0 Å². The minimum Gasteiger partial charge on any atom is -0.462 e. The van der Waals surface area contributed by atoms with Gasteiger partial charge in [-0.2, -0.15) is 18.3 Å². The summed E-state index contributed by atoms with van der Waals surface area (Å²) in [5.41, 5.74) is 0.317. The van der Waals surface area contributed by atoms with E-state index in [4.69, 9.17) is 16.3 Å². The highest BCUT2D eigenvalue weighted by Crippen LogP contribution is 2.48. The van der Waals surface area contributed by atoms with E-state index < -0.39 is 34.8 Å². The Morgan fingerprint density at radius 3 is 2.64 bits per heavy atom. The Morgan fingerprint density at radius 1 is 1.30 bits per heavy atom. The molecule has 2 heterocycles. The van der Waals surface area contributed by atoms with Crippen LogP contribution in [0.1, 0.15) is 90.1 Å². The second-order valence-electron chi connectivity index (χ2n) is 8.48. The molecule has 2 aliphatic carbocycles. The molecular formula is C22H25ClF3N3O3S. The third-order valence-corrected chi connectivity index (χ3v) is 7.50. The maximum Gasteiger partial charge on any atom is 0.436 e. The summed E-state index contributed by atoms with van der Waals surface area (Å²) in [6.07, 6.45) is 0.825. The lowest BCUT2D eigenvalue weighted by Crippen LogP contribution is -2.26. The van der Waals surface area contributed by atoms with Crippen LogP contribution in [0.2, 0.25) is 5.02 Å². The van der Waals surface area contributed by atoms with Gasteiger partial charge < -0.3 is 10.1 Å². The van der Waals surface area contributed by atoms with Crippen molar-refractivity contribution in [3.05, 3.63) is 32.4 Å². The van der Waals surface area contributed by atoms with Crippen LogP contribution in [-0.4, -0.2) is 28.3 Å². The van der Waals surface area contributed by atoms with E-state index in [0.29, 0.717) is 29.8 Å². The normalized spacial score (nSPS) is 16.9. The number of amides is 1. The van der Waals surface area contributed by atoms with Crippen LogP contribution < -0.4 is 5.32 Å². The van der Waals surface area contributed by atoms with Crippen molar-refractivity contribution in [2.45, 2.75) is 76.9 Å². The van der Waals surface area contributed by atoms with Crippen LogP contribution in [0.4, 0.5) is 18.2 Å². The molecule has 0 aliphatic heterocycles. The third-order valence-electron chi connectivity index (χ3n) is 5.92. The Hall–Kier alpha value is -2.07. The number of aromatic nitrogens is 2. The third kappa shape index (κ3) is 4.77. The van der Waals surface area contributed by atoms with E-state index in [9.17, 15) is 22.8 Å². The SMILES string of the molecule is CCCOC(=O)c1c(NC(=O)C(C)n2nc(C(F)(F)F)c(Cl)c2C2CC2)sc2c1CCCC2. The number of carbonyl (C=O) groups is 2. The number of nitrogens with one attached hydrogen (secondary N) is 1. The number of halogens is 4. The molecule has 2 aromatic heterocycles. The van der Waals surface area contributed by atoms with E-state index in [1.54, 1.807) is 0 Å². The van der Waals surface area contributed by atoms with Gasteiger partial charge in [0.2, 0.25) is 5.91 Å². The van der Waals surface area contributed by atoms with E-state index in [2.05, 4.69) is 10.4 Å². The Morgan fingerprint density at radius 2 is 2.00 bits per heavy atom. The molecule has 6 nitrogen and oxygen atoms in total. The standard InChI is InChI=1S/C22H25ClF3N3O3S/c1-3-10-32-21(31)15-13-6-4-5-7-14(13)33-20(15)27-19(30)11(2)29-17(12-8-9-12)16(23)18(28-29)22(24,25)26/h11-12H,3-10H2,1-2H3,(H,27,30). The number of anilines is 1. The van der Waals surface area contributed by atoms with E-state index in [-0.39, 0.29) is 18.2 Å².